The van der Waals surface area contributed by atoms with Gasteiger partial charge in [0.15, 0.2) is 5.82 Å². The van der Waals surface area contributed by atoms with E-state index in [-0.39, 0.29) is 0 Å². The van der Waals surface area contributed by atoms with Crippen molar-refractivity contribution in [2.75, 3.05) is 0 Å². The summed E-state index contributed by atoms with van der Waals surface area (Å²) in [4.78, 5) is 15.7. The van der Waals surface area contributed by atoms with Crippen LogP contribution < -0.4 is 0 Å². The minimum Gasteiger partial charge on any atom is -0.247 e. The standard InChI is InChI=1S/C47H29N3S/c1-4-14-30(15-5-1)33-20-12-21-34(28-33)47-49-41(31-16-6-2-7-17-31)29-42(50-47)38-24-13-23-35-36-26-27-39-43(46(36)51-45(35)38)37-22-10-11-25-40(37)48-44(39)32-18-8-3-9-19-32/h1-29H. The summed E-state index contributed by atoms with van der Waals surface area (Å²) < 4.78 is 2.47. The predicted molar refractivity (Wildman–Crippen MR) is 215 cm³/mol. The zero-order chi connectivity index (χ0) is 33.7. The molecule has 0 saturated heterocycles. The van der Waals surface area contributed by atoms with Crippen LogP contribution in [0.15, 0.2) is 176 Å². The molecule has 0 N–H and O–H groups in total. The third-order valence-electron chi connectivity index (χ3n) is 9.67. The molecule has 0 aliphatic carbocycles. The first-order valence-corrected chi connectivity index (χ1v) is 17.9. The fourth-order valence-electron chi connectivity index (χ4n) is 7.25. The number of nitrogens with zero attached hydrogens (tertiary/aromatic N) is 3. The number of rotatable bonds is 5. The quantitative estimate of drug-likeness (QED) is 0.171. The summed E-state index contributed by atoms with van der Waals surface area (Å²) in [6.45, 7) is 0. The van der Waals surface area contributed by atoms with Crippen LogP contribution in [0.2, 0.25) is 0 Å². The molecule has 10 aromatic rings. The second-order valence-corrected chi connectivity index (χ2v) is 13.8. The number of hydrogen-bond acceptors (Lipinski definition) is 4. The summed E-state index contributed by atoms with van der Waals surface area (Å²) in [6, 6.07) is 61.7. The van der Waals surface area contributed by atoms with Crippen molar-refractivity contribution < 1.29 is 0 Å². The minimum absolute atomic E-state index is 0.706. The van der Waals surface area contributed by atoms with Gasteiger partial charge in [0.2, 0.25) is 0 Å². The molecule has 7 aromatic carbocycles. The highest BCUT2D eigenvalue weighted by Gasteiger charge is 2.19. The molecule has 0 aliphatic rings. The lowest BCUT2D eigenvalue weighted by Gasteiger charge is -2.11. The predicted octanol–water partition coefficient (Wildman–Crippen LogP) is 12.9. The molecule has 0 spiro atoms. The summed E-state index contributed by atoms with van der Waals surface area (Å²) in [5.41, 5.74) is 10.4. The third-order valence-corrected chi connectivity index (χ3v) is 10.9. The van der Waals surface area contributed by atoms with Crippen LogP contribution in [-0.2, 0) is 0 Å². The lowest BCUT2D eigenvalue weighted by molar-refractivity contribution is 1.19. The number of benzene rings is 7. The van der Waals surface area contributed by atoms with Crippen LogP contribution in [0.4, 0.5) is 0 Å². The van der Waals surface area contributed by atoms with Crippen molar-refractivity contribution in [1.82, 2.24) is 15.0 Å². The highest BCUT2D eigenvalue weighted by Crippen LogP contribution is 2.46. The van der Waals surface area contributed by atoms with Gasteiger partial charge >= 0.3 is 0 Å². The molecule has 238 valence electrons. The lowest BCUT2D eigenvalue weighted by atomic mass is 9.97. The number of aromatic nitrogens is 3. The summed E-state index contributed by atoms with van der Waals surface area (Å²) in [6.07, 6.45) is 0. The van der Waals surface area contributed by atoms with E-state index in [0.717, 1.165) is 55.8 Å². The Morgan fingerprint density at radius 2 is 0.941 bits per heavy atom. The smallest absolute Gasteiger partial charge is 0.160 e. The van der Waals surface area contributed by atoms with Crippen molar-refractivity contribution in [3.63, 3.8) is 0 Å². The van der Waals surface area contributed by atoms with Gasteiger partial charge in [0.25, 0.3) is 0 Å². The van der Waals surface area contributed by atoms with Gasteiger partial charge in [-0.05, 0) is 29.3 Å². The molecule has 0 unspecified atom stereocenters. The van der Waals surface area contributed by atoms with E-state index in [9.17, 15) is 0 Å². The molecule has 0 saturated carbocycles. The van der Waals surface area contributed by atoms with E-state index in [1.165, 1.54) is 36.5 Å². The maximum atomic E-state index is 5.31. The van der Waals surface area contributed by atoms with Crippen molar-refractivity contribution in [3.05, 3.63) is 176 Å². The Bertz CT molecular complexity index is 2900. The molecule has 0 atom stereocenters. The minimum atomic E-state index is 0.706. The number of thiophene rings is 1. The topological polar surface area (TPSA) is 38.7 Å². The Kier molecular flexibility index (Phi) is 7.00. The summed E-state index contributed by atoms with van der Waals surface area (Å²) in [5, 5.41) is 6.04. The van der Waals surface area contributed by atoms with Crippen molar-refractivity contribution >= 4 is 53.2 Å². The highest BCUT2D eigenvalue weighted by atomic mass is 32.1. The number of pyridine rings is 1. The summed E-state index contributed by atoms with van der Waals surface area (Å²) in [7, 11) is 0. The van der Waals surface area contributed by atoms with E-state index in [0.29, 0.717) is 5.82 Å². The first-order chi connectivity index (χ1) is 25.3. The lowest BCUT2D eigenvalue weighted by Crippen LogP contribution is -1.96. The molecule has 10 rings (SSSR count). The van der Waals surface area contributed by atoms with Crippen LogP contribution in [-0.4, -0.2) is 15.0 Å². The molecule has 51 heavy (non-hydrogen) atoms. The van der Waals surface area contributed by atoms with Crippen molar-refractivity contribution in [3.8, 4) is 56.3 Å². The number of hydrogen-bond donors (Lipinski definition) is 0. The molecule has 0 radical (unpaired) electrons. The Hall–Kier alpha value is -6.49. The van der Waals surface area contributed by atoms with Crippen LogP contribution in [0.3, 0.4) is 0 Å². The zero-order valence-electron chi connectivity index (χ0n) is 27.5. The van der Waals surface area contributed by atoms with Gasteiger partial charge in [-0.25, -0.2) is 15.0 Å². The largest absolute Gasteiger partial charge is 0.247 e. The SMILES string of the molecule is c1ccc(-c2cccc(-c3nc(-c4ccccc4)cc(-c4cccc5c4sc4c5ccc5c(-c6ccccc6)nc6ccccc6c54)n3)c2)cc1. The Labute approximate surface area is 299 Å². The Morgan fingerprint density at radius 1 is 0.353 bits per heavy atom. The molecular formula is C47H29N3S. The van der Waals surface area contributed by atoms with E-state index in [1.54, 1.807) is 0 Å². The van der Waals surface area contributed by atoms with E-state index in [2.05, 4.69) is 164 Å². The maximum Gasteiger partial charge on any atom is 0.160 e. The monoisotopic (exact) mass is 667 g/mol. The van der Waals surface area contributed by atoms with Crippen molar-refractivity contribution in [2.24, 2.45) is 0 Å². The molecular weight excluding hydrogens is 639 g/mol. The van der Waals surface area contributed by atoms with Gasteiger partial charge in [-0.15, -0.1) is 11.3 Å². The van der Waals surface area contributed by atoms with Gasteiger partial charge in [-0.3, -0.25) is 0 Å². The van der Waals surface area contributed by atoms with Crippen LogP contribution in [0.5, 0.6) is 0 Å². The second-order valence-electron chi connectivity index (χ2n) is 12.8. The zero-order valence-corrected chi connectivity index (χ0v) is 28.3. The fourth-order valence-corrected chi connectivity index (χ4v) is 8.63. The molecule has 3 aromatic heterocycles. The average Bonchev–Trinajstić information content (AvgIpc) is 3.60. The van der Waals surface area contributed by atoms with Gasteiger partial charge < -0.3 is 0 Å². The Balaban J connectivity index is 1.23. The molecule has 0 aliphatic heterocycles. The van der Waals surface area contributed by atoms with E-state index in [4.69, 9.17) is 15.0 Å². The number of para-hydroxylation sites is 1. The summed E-state index contributed by atoms with van der Waals surface area (Å²) in [5.74, 6) is 0.706. The summed E-state index contributed by atoms with van der Waals surface area (Å²) >= 11 is 1.85. The molecule has 0 amide bonds. The Morgan fingerprint density at radius 3 is 1.75 bits per heavy atom. The first kappa shape index (κ1) is 29.4. The third kappa shape index (κ3) is 5.08. The van der Waals surface area contributed by atoms with Gasteiger partial charge in [0.05, 0.1) is 22.6 Å². The molecule has 3 nitrogen and oxygen atoms in total. The molecule has 3 heterocycles. The van der Waals surface area contributed by atoms with Gasteiger partial charge in [-0.1, -0.05) is 158 Å². The second kappa shape index (κ2) is 12.1. The molecule has 0 fully saturated rings. The van der Waals surface area contributed by atoms with Crippen molar-refractivity contribution in [1.29, 1.82) is 0 Å². The normalized spacial score (nSPS) is 11.5. The van der Waals surface area contributed by atoms with Crippen LogP contribution in [0, 0.1) is 0 Å². The van der Waals surface area contributed by atoms with Gasteiger partial charge in [-0.2, -0.15) is 0 Å². The molecule has 4 heteroatoms. The van der Waals surface area contributed by atoms with E-state index in [1.807, 2.05) is 23.5 Å². The van der Waals surface area contributed by atoms with Crippen molar-refractivity contribution in [2.45, 2.75) is 0 Å². The number of fused-ring (bicyclic) bond motifs is 7. The van der Waals surface area contributed by atoms with Crippen LogP contribution in [0.1, 0.15) is 0 Å². The molecule has 0 bridgehead atoms. The van der Waals surface area contributed by atoms with E-state index >= 15 is 0 Å². The highest BCUT2D eigenvalue weighted by molar-refractivity contribution is 7.27. The maximum absolute atomic E-state index is 5.31. The first-order valence-electron chi connectivity index (χ1n) is 17.1. The van der Waals surface area contributed by atoms with Crippen LogP contribution >= 0.6 is 11.3 Å². The average molecular weight is 668 g/mol. The van der Waals surface area contributed by atoms with Gasteiger partial charge in [0.1, 0.15) is 0 Å². The van der Waals surface area contributed by atoms with Gasteiger partial charge in [0, 0.05) is 58.6 Å². The van der Waals surface area contributed by atoms with E-state index < -0.39 is 0 Å². The fraction of sp³-hybridized carbons (Fsp3) is 0. The van der Waals surface area contributed by atoms with Crippen LogP contribution in [0.25, 0.3) is 98.1 Å².